The largest absolute Gasteiger partial charge is 0.370 e. The van der Waals surface area contributed by atoms with E-state index in [0.717, 1.165) is 6.42 Å². The lowest BCUT2D eigenvalue weighted by Crippen LogP contribution is -2.09. The molecule has 0 saturated carbocycles. The Hall–Kier alpha value is -1.35. The molecule has 0 heterocycles. The van der Waals surface area contributed by atoms with E-state index in [1.807, 2.05) is 12.1 Å². The Morgan fingerprint density at radius 3 is 2.50 bits per heavy atom. The molecule has 1 aromatic rings. The summed E-state index contributed by atoms with van der Waals surface area (Å²) >= 11 is 0. The number of nitrogens with two attached hydrogens (primary N) is 1. The average molecular weight is 193 g/mol. The van der Waals surface area contributed by atoms with E-state index in [2.05, 4.69) is 11.8 Å². The minimum atomic E-state index is -0.493. The predicted molar refractivity (Wildman–Crippen MR) is 54.7 cm³/mol. The summed E-state index contributed by atoms with van der Waals surface area (Å²) in [7, 11) is 0. The van der Waals surface area contributed by atoms with Crippen LogP contribution in [0.4, 0.5) is 0 Å². The molecule has 0 spiro atoms. The van der Waals surface area contributed by atoms with Gasteiger partial charge in [0.05, 0.1) is 5.56 Å². The molecule has 0 aromatic heterocycles. The van der Waals surface area contributed by atoms with E-state index in [0.29, 0.717) is 5.56 Å². The molecular weight excluding hydrogens is 178 g/mol. The van der Waals surface area contributed by atoms with E-state index in [1.165, 1.54) is 18.4 Å². The summed E-state index contributed by atoms with van der Waals surface area (Å²) in [5, 5.41) is 0. The highest BCUT2D eigenvalue weighted by Crippen LogP contribution is 2.08. The minimum absolute atomic E-state index is 0.493. The van der Waals surface area contributed by atoms with Crippen LogP contribution < -0.4 is 5.90 Å². The zero-order chi connectivity index (χ0) is 10.4. The lowest BCUT2D eigenvalue weighted by Gasteiger charge is -2.01. The van der Waals surface area contributed by atoms with Crippen molar-refractivity contribution in [3.05, 3.63) is 35.4 Å². The fraction of sp³-hybridized carbons (Fsp3) is 0.364. The van der Waals surface area contributed by atoms with Gasteiger partial charge < -0.3 is 4.84 Å². The highest BCUT2D eigenvalue weighted by atomic mass is 16.7. The third kappa shape index (κ3) is 2.85. The first-order chi connectivity index (χ1) is 6.77. The second-order valence-electron chi connectivity index (χ2n) is 3.21. The van der Waals surface area contributed by atoms with Crippen molar-refractivity contribution in [1.82, 2.24) is 0 Å². The Labute approximate surface area is 83.8 Å². The van der Waals surface area contributed by atoms with Crippen LogP contribution in [0, 0.1) is 0 Å². The predicted octanol–water partition coefficient (Wildman–Crippen LogP) is 2.06. The molecule has 0 amide bonds. The summed E-state index contributed by atoms with van der Waals surface area (Å²) in [4.78, 5) is 15.1. The van der Waals surface area contributed by atoms with E-state index < -0.39 is 5.97 Å². The maximum absolute atomic E-state index is 11.0. The van der Waals surface area contributed by atoms with Crippen molar-refractivity contribution in [3.63, 3.8) is 0 Å². The standard InChI is InChI=1S/C11H15NO2/c1-2-3-4-9-5-7-10(8-6-9)11(13)14-12/h5-8H,2-4,12H2,1H3. The van der Waals surface area contributed by atoms with Crippen LogP contribution >= 0.6 is 0 Å². The number of hydrogen-bond donors (Lipinski definition) is 1. The molecule has 0 radical (unpaired) electrons. The molecule has 76 valence electrons. The zero-order valence-corrected chi connectivity index (χ0v) is 8.32. The molecule has 0 aliphatic rings. The van der Waals surface area contributed by atoms with Gasteiger partial charge in [-0.15, -0.1) is 0 Å². The van der Waals surface area contributed by atoms with Crippen molar-refractivity contribution >= 4 is 5.97 Å². The summed E-state index contributed by atoms with van der Waals surface area (Å²) < 4.78 is 0. The van der Waals surface area contributed by atoms with Crippen molar-refractivity contribution in [1.29, 1.82) is 0 Å². The smallest absolute Gasteiger partial charge is 0.356 e. The molecular formula is C11H15NO2. The third-order valence-corrected chi connectivity index (χ3v) is 2.12. The minimum Gasteiger partial charge on any atom is -0.370 e. The Balaban J connectivity index is 2.63. The Kier molecular flexibility index (Phi) is 4.13. The fourth-order valence-corrected chi connectivity index (χ4v) is 1.26. The van der Waals surface area contributed by atoms with E-state index in [1.54, 1.807) is 12.1 Å². The normalized spacial score (nSPS) is 9.86. The Morgan fingerprint density at radius 2 is 2.00 bits per heavy atom. The average Bonchev–Trinajstić information content (AvgIpc) is 2.26. The molecule has 0 saturated heterocycles. The van der Waals surface area contributed by atoms with Gasteiger partial charge in [0.25, 0.3) is 0 Å². The van der Waals surface area contributed by atoms with Gasteiger partial charge >= 0.3 is 5.97 Å². The van der Waals surface area contributed by atoms with Gasteiger partial charge in [0.2, 0.25) is 0 Å². The van der Waals surface area contributed by atoms with Gasteiger partial charge in [0.1, 0.15) is 0 Å². The van der Waals surface area contributed by atoms with Crippen molar-refractivity contribution in [3.8, 4) is 0 Å². The summed E-state index contributed by atoms with van der Waals surface area (Å²) in [6, 6.07) is 7.34. The van der Waals surface area contributed by atoms with Crippen molar-refractivity contribution in [2.24, 2.45) is 5.90 Å². The molecule has 0 atom stereocenters. The third-order valence-electron chi connectivity index (χ3n) is 2.12. The summed E-state index contributed by atoms with van der Waals surface area (Å²) in [5.41, 5.74) is 1.73. The Bertz CT molecular complexity index is 293. The number of aryl methyl sites for hydroxylation is 1. The number of benzene rings is 1. The van der Waals surface area contributed by atoms with Crippen LogP contribution in [-0.2, 0) is 11.3 Å². The number of rotatable bonds is 4. The first-order valence-corrected chi connectivity index (χ1v) is 4.78. The van der Waals surface area contributed by atoms with Crippen molar-refractivity contribution < 1.29 is 9.63 Å². The molecule has 0 aliphatic carbocycles. The highest BCUT2D eigenvalue weighted by molar-refractivity contribution is 5.89. The van der Waals surface area contributed by atoms with Crippen molar-refractivity contribution in [2.75, 3.05) is 0 Å². The number of unbranched alkanes of at least 4 members (excludes halogenated alkanes) is 1. The molecule has 1 rings (SSSR count). The van der Waals surface area contributed by atoms with Gasteiger partial charge in [-0.2, -0.15) is 5.90 Å². The monoisotopic (exact) mass is 193 g/mol. The SMILES string of the molecule is CCCCc1ccc(C(=O)ON)cc1. The first kappa shape index (κ1) is 10.7. The molecule has 2 N–H and O–H groups in total. The molecule has 0 aliphatic heterocycles. The fourth-order valence-electron chi connectivity index (χ4n) is 1.26. The van der Waals surface area contributed by atoms with Gasteiger partial charge in [-0.25, -0.2) is 4.79 Å². The molecule has 1 aromatic carbocycles. The van der Waals surface area contributed by atoms with Crippen LogP contribution in [0.2, 0.25) is 0 Å². The first-order valence-electron chi connectivity index (χ1n) is 4.78. The zero-order valence-electron chi connectivity index (χ0n) is 8.32. The van der Waals surface area contributed by atoms with Crippen LogP contribution in [0.3, 0.4) is 0 Å². The molecule has 0 unspecified atom stereocenters. The van der Waals surface area contributed by atoms with E-state index in [9.17, 15) is 4.79 Å². The quantitative estimate of drug-likeness (QED) is 0.744. The second-order valence-corrected chi connectivity index (χ2v) is 3.21. The lowest BCUT2D eigenvalue weighted by atomic mass is 10.1. The molecule has 3 heteroatoms. The lowest BCUT2D eigenvalue weighted by molar-refractivity contribution is 0.0503. The number of hydrogen-bond acceptors (Lipinski definition) is 3. The maximum Gasteiger partial charge on any atom is 0.356 e. The van der Waals surface area contributed by atoms with Crippen LogP contribution in [0.15, 0.2) is 24.3 Å². The summed E-state index contributed by atoms with van der Waals surface area (Å²) in [5.74, 6) is 4.28. The maximum atomic E-state index is 11.0. The van der Waals surface area contributed by atoms with Crippen LogP contribution in [0.1, 0.15) is 35.7 Å². The van der Waals surface area contributed by atoms with Crippen molar-refractivity contribution in [2.45, 2.75) is 26.2 Å². The summed E-state index contributed by atoms with van der Waals surface area (Å²) in [6.07, 6.45) is 3.39. The van der Waals surface area contributed by atoms with E-state index in [4.69, 9.17) is 5.90 Å². The number of carbonyl (C=O) groups is 1. The van der Waals surface area contributed by atoms with Gasteiger partial charge in [-0.1, -0.05) is 25.5 Å². The molecule has 14 heavy (non-hydrogen) atoms. The second kappa shape index (κ2) is 5.40. The highest BCUT2D eigenvalue weighted by Gasteiger charge is 2.04. The molecule has 0 fully saturated rings. The van der Waals surface area contributed by atoms with Gasteiger partial charge in [0, 0.05) is 0 Å². The molecule has 0 bridgehead atoms. The number of carbonyl (C=O) groups excluding carboxylic acids is 1. The van der Waals surface area contributed by atoms with Gasteiger partial charge in [0.15, 0.2) is 0 Å². The van der Waals surface area contributed by atoms with E-state index >= 15 is 0 Å². The Morgan fingerprint density at radius 1 is 1.36 bits per heavy atom. The summed E-state index contributed by atoms with van der Waals surface area (Å²) in [6.45, 7) is 2.15. The van der Waals surface area contributed by atoms with Crippen LogP contribution in [0.5, 0.6) is 0 Å². The van der Waals surface area contributed by atoms with E-state index in [-0.39, 0.29) is 0 Å². The van der Waals surface area contributed by atoms with Crippen LogP contribution in [0.25, 0.3) is 0 Å². The van der Waals surface area contributed by atoms with Gasteiger partial charge in [-0.3, -0.25) is 0 Å². The molecule has 3 nitrogen and oxygen atoms in total. The van der Waals surface area contributed by atoms with Crippen LogP contribution in [-0.4, -0.2) is 5.97 Å². The van der Waals surface area contributed by atoms with Gasteiger partial charge in [-0.05, 0) is 30.5 Å². The topological polar surface area (TPSA) is 52.3 Å².